The summed E-state index contributed by atoms with van der Waals surface area (Å²) in [5, 5.41) is 45.4. The van der Waals surface area contributed by atoms with Crippen molar-refractivity contribution in [2.24, 2.45) is 0 Å². The number of carbonyl (C=O) groups excluding carboxylic acids is 2. The standard InChI is InChI=1S/C8H16NO11P.2Na.2H/c1-3(11)9-20-21(17,18)19-8(16)7(15)6(14)5(13)4(12)2-10;;;;/h4-7,10,12-15H,2H2,1H3,(H,9,11)(H,17,18);;;;/t4-,5-,6+,7-;;;;/m1..../s1. The first kappa shape index (κ1) is 28.7. The van der Waals surface area contributed by atoms with Crippen LogP contribution in [0.25, 0.3) is 0 Å². The Hall–Kier alpha value is 0.890. The number of amides is 1. The Morgan fingerprint density at radius 2 is 1.61 bits per heavy atom. The molecule has 0 spiro atoms. The predicted molar refractivity (Wildman–Crippen MR) is 76.2 cm³/mol. The van der Waals surface area contributed by atoms with Crippen LogP contribution >= 0.6 is 7.82 Å². The van der Waals surface area contributed by atoms with E-state index in [1.165, 1.54) is 5.48 Å². The van der Waals surface area contributed by atoms with Crippen LogP contribution in [0.2, 0.25) is 0 Å². The second-order valence-corrected chi connectivity index (χ2v) is 5.11. The van der Waals surface area contributed by atoms with Gasteiger partial charge in [-0.05, 0) is 0 Å². The van der Waals surface area contributed by atoms with Gasteiger partial charge in [0.1, 0.15) is 18.3 Å². The van der Waals surface area contributed by atoms with Gasteiger partial charge in [-0.15, -0.1) is 0 Å². The van der Waals surface area contributed by atoms with Gasteiger partial charge in [0.15, 0.2) is 6.10 Å². The number of nitrogens with one attached hydrogen (secondary N) is 1. The summed E-state index contributed by atoms with van der Waals surface area (Å²) in [7, 11) is -5.10. The second-order valence-electron chi connectivity index (χ2n) is 3.80. The van der Waals surface area contributed by atoms with E-state index in [0.29, 0.717) is 0 Å². The molecule has 0 aliphatic heterocycles. The molecule has 12 nitrogen and oxygen atoms in total. The zero-order chi connectivity index (χ0) is 16.8. The molecular formula is C8H18NNa2O11P. The van der Waals surface area contributed by atoms with Gasteiger partial charge in [0, 0.05) is 6.92 Å². The summed E-state index contributed by atoms with van der Waals surface area (Å²) in [4.78, 5) is 30.7. The van der Waals surface area contributed by atoms with Gasteiger partial charge in [-0.3, -0.25) is 9.69 Å². The van der Waals surface area contributed by atoms with E-state index in [4.69, 9.17) is 15.1 Å². The van der Waals surface area contributed by atoms with Gasteiger partial charge in [-0.25, -0.2) is 14.8 Å². The molecule has 0 aromatic rings. The number of phosphoric acid groups is 1. The summed E-state index contributed by atoms with van der Waals surface area (Å²) in [6.45, 7) is -0.0583. The molecule has 0 aliphatic carbocycles. The molecule has 0 rings (SSSR count). The average molecular weight is 381 g/mol. The fourth-order valence-electron chi connectivity index (χ4n) is 0.970. The molecule has 1 unspecified atom stereocenters. The monoisotopic (exact) mass is 381 g/mol. The van der Waals surface area contributed by atoms with Gasteiger partial charge in [-0.2, -0.15) is 4.62 Å². The first-order valence-corrected chi connectivity index (χ1v) is 6.86. The first-order chi connectivity index (χ1) is 9.51. The molecule has 0 heterocycles. The Labute approximate surface area is 174 Å². The van der Waals surface area contributed by atoms with Crippen LogP contribution in [0, 0.1) is 0 Å². The zero-order valence-electron chi connectivity index (χ0n) is 10.7. The van der Waals surface area contributed by atoms with Crippen molar-refractivity contribution in [3.8, 4) is 0 Å². The number of carbonyl (C=O) groups is 2. The van der Waals surface area contributed by atoms with Gasteiger partial charge >= 0.3 is 72.9 Å². The molecule has 23 heavy (non-hydrogen) atoms. The molecule has 0 aromatic carbocycles. The van der Waals surface area contributed by atoms with Gasteiger partial charge in [0.05, 0.1) is 6.61 Å². The van der Waals surface area contributed by atoms with Gasteiger partial charge in [0.2, 0.25) is 5.91 Å². The molecular weight excluding hydrogens is 363 g/mol. The molecule has 0 bridgehead atoms. The van der Waals surface area contributed by atoms with E-state index in [1.54, 1.807) is 0 Å². The van der Waals surface area contributed by atoms with Crippen LogP contribution in [0.15, 0.2) is 0 Å². The maximum atomic E-state index is 11.2. The minimum absolute atomic E-state index is 0. The summed E-state index contributed by atoms with van der Waals surface area (Å²) in [6, 6.07) is 0. The van der Waals surface area contributed by atoms with Crippen LogP contribution in [-0.2, 0) is 23.3 Å². The van der Waals surface area contributed by atoms with Crippen LogP contribution in [0.3, 0.4) is 0 Å². The number of hydroxylamine groups is 1. The summed E-state index contributed by atoms with van der Waals surface area (Å²) in [5.41, 5.74) is 1.41. The molecule has 0 saturated heterocycles. The number of phosphoric ester groups is 1. The Morgan fingerprint density at radius 1 is 1.13 bits per heavy atom. The Kier molecular flexibility index (Phi) is 16.4. The van der Waals surface area contributed by atoms with Gasteiger partial charge < -0.3 is 30.1 Å². The van der Waals surface area contributed by atoms with E-state index in [2.05, 4.69) is 9.15 Å². The molecule has 0 saturated carbocycles. The van der Waals surface area contributed by atoms with E-state index in [-0.39, 0.29) is 59.1 Å². The van der Waals surface area contributed by atoms with Crippen molar-refractivity contribution < 1.29 is 53.7 Å². The average Bonchev–Trinajstić information content (AvgIpc) is 2.41. The maximum absolute atomic E-state index is 11.2. The van der Waals surface area contributed by atoms with E-state index < -0.39 is 50.7 Å². The molecule has 0 aromatic heterocycles. The Balaban J connectivity index is -0.00000200. The summed E-state index contributed by atoms with van der Waals surface area (Å²) in [6.07, 6.45) is -8.85. The van der Waals surface area contributed by atoms with Crippen molar-refractivity contribution in [3.05, 3.63) is 0 Å². The van der Waals surface area contributed by atoms with Crippen molar-refractivity contribution in [2.75, 3.05) is 6.61 Å². The van der Waals surface area contributed by atoms with Crippen molar-refractivity contribution in [1.82, 2.24) is 5.48 Å². The predicted octanol–water partition coefficient (Wildman–Crippen LogP) is -5.16. The topological polar surface area (TPSA) is 203 Å². The fourth-order valence-corrected chi connectivity index (χ4v) is 1.59. The molecule has 15 heteroatoms. The third kappa shape index (κ3) is 11.2. The molecule has 0 fully saturated rings. The third-order valence-electron chi connectivity index (χ3n) is 2.01. The van der Waals surface area contributed by atoms with Crippen molar-refractivity contribution in [2.45, 2.75) is 31.3 Å². The van der Waals surface area contributed by atoms with E-state index in [0.717, 1.165) is 6.92 Å². The van der Waals surface area contributed by atoms with Crippen molar-refractivity contribution >= 4 is 78.8 Å². The van der Waals surface area contributed by atoms with Gasteiger partial charge in [0.25, 0.3) is 0 Å². The van der Waals surface area contributed by atoms with Crippen LogP contribution in [-0.4, -0.2) is 132 Å². The molecule has 1 amide bonds. The van der Waals surface area contributed by atoms with Crippen molar-refractivity contribution in [1.29, 1.82) is 0 Å². The number of aliphatic hydroxyl groups is 5. The van der Waals surface area contributed by atoms with Crippen LogP contribution in [0.5, 0.6) is 0 Å². The van der Waals surface area contributed by atoms with E-state index in [1.807, 2.05) is 0 Å². The van der Waals surface area contributed by atoms with Crippen LogP contribution in [0.4, 0.5) is 0 Å². The van der Waals surface area contributed by atoms with E-state index in [9.17, 15) is 29.5 Å². The summed E-state index contributed by atoms with van der Waals surface area (Å²) >= 11 is 0. The van der Waals surface area contributed by atoms with Crippen LogP contribution < -0.4 is 5.48 Å². The van der Waals surface area contributed by atoms with Crippen molar-refractivity contribution in [3.63, 3.8) is 0 Å². The summed E-state index contributed by atoms with van der Waals surface area (Å²) < 4.78 is 18.8. The first-order valence-electron chi connectivity index (χ1n) is 5.36. The molecule has 0 aliphatic rings. The quantitative estimate of drug-likeness (QED) is 0.120. The third-order valence-corrected chi connectivity index (χ3v) is 2.74. The molecule has 128 valence electrons. The minimum atomic E-state index is -5.10. The number of hydrogen-bond donors (Lipinski definition) is 7. The number of aliphatic hydroxyl groups excluding tert-OH is 5. The fraction of sp³-hybridized carbons (Fsp3) is 0.750. The normalized spacial score (nSPS) is 18.0. The zero-order valence-corrected chi connectivity index (χ0v) is 11.6. The Bertz CT molecular complexity index is 425. The molecule has 7 N–H and O–H groups in total. The van der Waals surface area contributed by atoms with Gasteiger partial charge in [-0.1, -0.05) is 0 Å². The second kappa shape index (κ2) is 13.1. The molecule has 5 atom stereocenters. The number of rotatable bonds is 8. The Morgan fingerprint density at radius 3 is 2.00 bits per heavy atom. The molecule has 0 radical (unpaired) electrons. The van der Waals surface area contributed by atoms with E-state index >= 15 is 0 Å². The van der Waals surface area contributed by atoms with Crippen LogP contribution in [0.1, 0.15) is 6.92 Å². The SMILES string of the molecule is CC(=O)NOP(=O)(O)OC(=O)[C@H](O)[C@@H](O)[C@H](O)[C@H](O)CO.[NaH].[NaH]. The number of hydrogen-bond acceptors (Lipinski definition) is 10. The summed E-state index contributed by atoms with van der Waals surface area (Å²) in [5.74, 6) is -2.76.